The van der Waals surface area contributed by atoms with Gasteiger partial charge in [0.25, 0.3) is 0 Å². The maximum atomic E-state index is 2.43. The molecule has 0 N–H and O–H groups in total. The van der Waals surface area contributed by atoms with Gasteiger partial charge in [0, 0.05) is 10.1 Å². The second-order valence-corrected chi connectivity index (χ2v) is 7.15. The molecular weight excluding hydrogens is 224 g/mol. The summed E-state index contributed by atoms with van der Waals surface area (Å²) in [5.41, 5.74) is 5.26. The van der Waals surface area contributed by atoms with Crippen LogP contribution in [0.25, 0.3) is 0 Å². The molecule has 1 aliphatic heterocycles. The largest absolute Gasteiger partial charge is 0.122 e. The Kier molecular flexibility index (Phi) is 2.50. The molecule has 0 spiro atoms. The molecule has 90 valence electrons. The predicted molar refractivity (Wildman–Crippen MR) is 73.9 cm³/mol. The third-order valence-corrected chi connectivity index (χ3v) is 6.37. The molecule has 2 aliphatic carbocycles. The predicted octanol–water partition coefficient (Wildman–Crippen LogP) is 4.70. The van der Waals surface area contributed by atoms with Crippen molar-refractivity contribution in [3.8, 4) is 0 Å². The molecule has 2 unspecified atom stereocenters. The van der Waals surface area contributed by atoms with Gasteiger partial charge in [0.15, 0.2) is 0 Å². The van der Waals surface area contributed by atoms with E-state index in [1.165, 1.54) is 51.4 Å². The summed E-state index contributed by atoms with van der Waals surface area (Å²) in [7, 11) is 0. The first kappa shape index (κ1) is 10.5. The van der Waals surface area contributed by atoms with E-state index in [0.29, 0.717) is 0 Å². The average molecular weight is 244 g/mol. The highest BCUT2D eigenvalue weighted by molar-refractivity contribution is 8.00. The van der Waals surface area contributed by atoms with Crippen molar-refractivity contribution >= 4 is 11.8 Å². The van der Waals surface area contributed by atoms with Crippen LogP contribution in [0.5, 0.6) is 0 Å². The summed E-state index contributed by atoms with van der Waals surface area (Å²) in [6.07, 6.45) is 11.4. The molecule has 0 amide bonds. The highest BCUT2D eigenvalue weighted by Gasteiger charge is 2.37. The zero-order valence-corrected chi connectivity index (χ0v) is 11.2. The van der Waals surface area contributed by atoms with Crippen LogP contribution in [0.15, 0.2) is 17.0 Å². The normalized spacial score (nSPS) is 30.6. The SMILES string of the molecule is c1cc2c(c3c1CCCC3)C1CCCCC1S2. The van der Waals surface area contributed by atoms with Gasteiger partial charge in [-0.25, -0.2) is 0 Å². The van der Waals surface area contributed by atoms with Crippen LogP contribution in [0.1, 0.15) is 61.1 Å². The zero-order chi connectivity index (χ0) is 11.2. The number of aryl methyl sites for hydroxylation is 1. The standard InChI is InChI=1S/C16H20S/c1-2-6-12-11(5-1)9-10-15-16(12)13-7-3-4-8-14(13)17-15/h9-10,13-14H,1-8H2. The Balaban J connectivity index is 1.83. The first-order valence-electron chi connectivity index (χ1n) is 7.25. The molecule has 0 saturated heterocycles. The van der Waals surface area contributed by atoms with Crippen LogP contribution in [-0.4, -0.2) is 5.25 Å². The minimum Gasteiger partial charge on any atom is -0.122 e. The maximum Gasteiger partial charge on any atom is 0.0164 e. The Hall–Kier alpha value is -0.430. The van der Waals surface area contributed by atoms with Crippen molar-refractivity contribution in [1.29, 1.82) is 0 Å². The summed E-state index contributed by atoms with van der Waals surface area (Å²) in [5.74, 6) is 0.914. The highest BCUT2D eigenvalue weighted by atomic mass is 32.2. The van der Waals surface area contributed by atoms with E-state index in [1.54, 1.807) is 21.6 Å². The molecule has 1 saturated carbocycles. The van der Waals surface area contributed by atoms with Crippen LogP contribution >= 0.6 is 11.8 Å². The lowest BCUT2D eigenvalue weighted by Crippen LogP contribution is -2.17. The Bertz CT molecular complexity index is 449. The van der Waals surface area contributed by atoms with E-state index >= 15 is 0 Å². The Morgan fingerprint density at radius 2 is 1.82 bits per heavy atom. The summed E-state index contributed by atoms with van der Waals surface area (Å²) in [6.45, 7) is 0. The number of hydrogen-bond acceptors (Lipinski definition) is 1. The van der Waals surface area contributed by atoms with E-state index in [2.05, 4.69) is 23.9 Å². The molecule has 17 heavy (non-hydrogen) atoms. The second-order valence-electron chi connectivity index (χ2n) is 5.87. The molecule has 0 radical (unpaired) electrons. The quantitative estimate of drug-likeness (QED) is 0.637. The molecule has 1 heteroatoms. The van der Waals surface area contributed by atoms with Gasteiger partial charge in [0.05, 0.1) is 0 Å². The zero-order valence-electron chi connectivity index (χ0n) is 10.4. The van der Waals surface area contributed by atoms with Crippen molar-refractivity contribution < 1.29 is 0 Å². The van der Waals surface area contributed by atoms with Crippen LogP contribution in [0.3, 0.4) is 0 Å². The van der Waals surface area contributed by atoms with Crippen molar-refractivity contribution in [3.05, 3.63) is 28.8 Å². The van der Waals surface area contributed by atoms with E-state index in [4.69, 9.17) is 0 Å². The molecular formula is C16H20S. The number of hydrogen-bond donors (Lipinski definition) is 0. The minimum absolute atomic E-state index is 0.914. The van der Waals surface area contributed by atoms with Gasteiger partial charge < -0.3 is 0 Å². The summed E-state index contributed by atoms with van der Waals surface area (Å²) in [4.78, 5) is 1.64. The molecule has 0 nitrogen and oxygen atoms in total. The molecule has 1 aromatic rings. The summed E-state index contributed by atoms with van der Waals surface area (Å²) < 4.78 is 0. The number of benzene rings is 1. The molecule has 0 aromatic heterocycles. The number of rotatable bonds is 0. The minimum atomic E-state index is 0.914. The first-order valence-corrected chi connectivity index (χ1v) is 8.13. The lowest BCUT2D eigenvalue weighted by Gasteiger charge is -2.27. The van der Waals surface area contributed by atoms with Crippen molar-refractivity contribution in [2.24, 2.45) is 0 Å². The first-order chi connectivity index (χ1) is 8.43. The molecule has 0 bridgehead atoms. The van der Waals surface area contributed by atoms with E-state index in [1.807, 2.05) is 0 Å². The molecule has 2 atom stereocenters. The Morgan fingerprint density at radius 1 is 0.941 bits per heavy atom. The van der Waals surface area contributed by atoms with Crippen molar-refractivity contribution in [3.63, 3.8) is 0 Å². The van der Waals surface area contributed by atoms with E-state index in [-0.39, 0.29) is 0 Å². The van der Waals surface area contributed by atoms with Crippen LogP contribution in [0.2, 0.25) is 0 Å². The third-order valence-electron chi connectivity index (χ3n) is 4.89. The Morgan fingerprint density at radius 3 is 2.82 bits per heavy atom. The fourth-order valence-electron chi connectivity index (χ4n) is 4.08. The van der Waals surface area contributed by atoms with Crippen LogP contribution in [-0.2, 0) is 12.8 Å². The average Bonchev–Trinajstić information content (AvgIpc) is 2.77. The number of thioether (sulfide) groups is 1. The topological polar surface area (TPSA) is 0 Å². The summed E-state index contributed by atoms with van der Waals surface area (Å²) in [6, 6.07) is 4.86. The van der Waals surface area contributed by atoms with Gasteiger partial charge in [-0.15, -0.1) is 11.8 Å². The van der Waals surface area contributed by atoms with Crippen molar-refractivity contribution in [2.45, 2.75) is 67.4 Å². The lowest BCUT2D eigenvalue weighted by atomic mass is 9.78. The van der Waals surface area contributed by atoms with Gasteiger partial charge in [-0.05, 0) is 67.2 Å². The second kappa shape index (κ2) is 4.05. The Labute approximate surface area is 108 Å². The van der Waals surface area contributed by atoms with Crippen LogP contribution in [0.4, 0.5) is 0 Å². The summed E-state index contributed by atoms with van der Waals surface area (Å²) >= 11 is 2.19. The number of fused-ring (bicyclic) bond motifs is 5. The van der Waals surface area contributed by atoms with Crippen molar-refractivity contribution in [1.82, 2.24) is 0 Å². The van der Waals surface area contributed by atoms with Crippen LogP contribution in [0, 0.1) is 0 Å². The van der Waals surface area contributed by atoms with Crippen molar-refractivity contribution in [2.75, 3.05) is 0 Å². The van der Waals surface area contributed by atoms with E-state index in [0.717, 1.165) is 11.2 Å². The fraction of sp³-hybridized carbons (Fsp3) is 0.625. The van der Waals surface area contributed by atoms with Gasteiger partial charge in [-0.1, -0.05) is 18.9 Å². The van der Waals surface area contributed by atoms with Gasteiger partial charge in [-0.2, -0.15) is 0 Å². The highest BCUT2D eigenvalue weighted by Crippen LogP contribution is 2.54. The molecule has 4 rings (SSSR count). The van der Waals surface area contributed by atoms with Gasteiger partial charge in [-0.3, -0.25) is 0 Å². The molecule has 1 aromatic carbocycles. The summed E-state index contributed by atoms with van der Waals surface area (Å²) in [5, 5.41) is 0.923. The van der Waals surface area contributed by atoms with Gasteiger partial charge >= 0.3 is 0 Å². The molecule has 1 fully saturated rings. The molecule has 1 heterocycles. The van der Waals surface area contributed by atoms with Gasteiger partial charge in [0.2, 0.25) is 0 Å². The monoisotopic (exact) mass is 244 g/mol. The fourth-order valence-corrected chi connectivity index (χ4v) is 5.67. The third kappa shape index (κ3) is 1.58. The van der Waals surface area contributed by atoms with E-state index < -0.39 is 0 Å². The van der Waals surface area contributed by atoms with Gasteiger partial charge in [0.1, 0.15) is 0 Å². The smallest absolute Gasteiger partial charge is 0.0164 e. The molecule has 3 aliphatic rings. The maximum absolute atomic E-state index is 2.43. The van der Waals surface area contributed by atoms with E-state index in [9.17, 15) is 0 Å². The lowest BCUT2D eigenvalue weighted by molar-refractivity contribution is 0.457. The van der Waals surface area contributed by atoms with Crippen LogP contribution < -0.4 is 0 Å².